The van der Waals surface area contributed by atoms with E-state index in [4.69, 9.17) is 16.0 Å². The molecule has 3 aromatic rings. The first-order valence-electron chi connectivity index (χ1n) is 7.84. The quantitative estimate of drug-likeness (QED) is 0.695. The maximum atomic E-state index is 12.5. The third-order valence-corrected chi connectivity index (χ3v) is 5.87. The van der Waals surface area contributed by atoms with Gasteiger partial charge in [0.2, 0.25) is 10.0 Å². The van der Waals surface area contributed by atoms with Gasteiger partial charge in [0.25, 0.3) is 5.91 Å². The topological polar surface area (TPSA) is 88.4 Å². The van der Waals surface area contributed by atoms with Crippen molar-refractivity contribution in [2.75, 3.05) is 7.05 Å². The van der Waals surface area contributed by atoms with Gasteiger partial charge in [-0.1, -0.05) is 29.8 Å². The number of nitrogens with one attached hydrogen (secondary N) is 2. The Balaban J connectivity index is 1.84. The number of hydrogen-bond acceptors (Lipinski definition) is 4. The molecular formula is C18H17ClN2O4S. The van der Waals surface area contributed by atoms with Crippen LogP contribution in [-0.2, 0) is 10.0 Å². The van der Waals surface area contributed by atoms with Crippen LogP contribution in [0.15, 0.2) is 57.8 Å². The van der Waals surface area contributed by atoms with Gasteiger partial charge in [0.1, 0.15) is 16.2 Å². The molecule has 0 aliphatic heterocycles. The van der Waals surface area contributed by atoms with Crippen LogP contribution in [-0.4, -0.2) is 21.4 Å². The largest absolute Gasteiger partial charge is 0.459 e. The summed E-state index contributed by atoms with van der Waals surface area (Å²) in [6, 6.07) is 13.1. The lowest BCUT2D eigenvalue weighted by Crippen LogP contribution is -2.27. The van der Waals surface area contributed by atoms with Gasteiger partial charge in [-0.2, -0.15) is 0 Å². The molecule has 1 unspecified atom stereocenters. The molecule has 0 bridgehead atoms. The van der Waals surface area contributed by atoms with Crippen LogP contribution >= 0.6 is 11.6 Å². The molecular weight excluding hydrogens is 376 g/mol. The summed E-state index contributed by atoms with van der Waals surface area (Å²) < 4.78 is 31.9. The zero-order valence-corrected chi connectivity index (χ0v) is 15.7. The van der Waals surface area contributed by atoms with E-state index in [0.717, 1.165) is 11.0 Å². The van der Waals surface area contributed by atoms with Crippen LogP contribution in [0.3, 0.4) is 0 Å². The third kappa shape index (κ3) is 3.60. The van der Waals surface area contributed by atoms with E-state index in [1.54, 1.807) is 6.92 Å². The van der Waals surface area contributed by atoms with Crippen molar-refractivity contribution in [3.8, 4) is 0 Å². The lowest BCUT2D eigenvalue weighted by Gasteiger charge is -2.12. The van der Waals surface area contributed by atoms with Crippen LogP contribution in [0.5, 0.6) is 0 Å². The molecule has 26 heavy (non-hydrogen) atoms. The van der Waals surface area contributed by atoms with E-state index in [2.05, 4.69) is 10.0 Å². The molecule has 0 spiro atoms. The Morgan fingerprint density at radius 3 is 2.58 bits per heavy atom. The highest BCUT2D eigenvalue weighted by Crippen LogP contribution is 2.25. The minimum absolute atomic E-state index is 0.0428. The summed E-state index contributed by atoms with van der Waals surface area (Å²) in [4.78, 5) is 12.4. The number of amides is 1. The molecule has 0 fully saturated rings. The predicted octanol–water partition coefficient (Wildman–Crippen LogP) is 3.49. The van der Waals surface area contributed by atoms with Crippen molar-refractivity contribution in [2.45, 2.75) is 17.9 Å². The molecule has 1 heterocycles. The number of carbonyl (C=O) groups excluding carboxylic acids is 1. The minimum atomic E-state index is -3.76. The zero-order chi connectivity index (χ0) is 18.9. The molecule has 0 saturated heterocycles. The number of hydrogen-bond donors (Lipinski definition) is 2. The highest BCUT2D eigenvalue weighted by molar-refractivity contribution is 7.89. The molecule has 1 aromatic heterocycles. The normalized spacial score (nSPS) is 12.9. The summed E-state index contributed by atoms with van der Waals surface area (Å²) >= 11 is 5.95. The summed E-state index contributed by atoms with van der Waals surface area (Å²) in [5.41, 5.74) is 0.920. The van der Waals surface area contributed by atoms with Gasteiger partial charge in [0.15, 0.2) is 0 Å². The van der Waals surface area contributed by atoms with E-state index < -0.39 is 22.0 Å². The number of benzene rings is 2. The molecule has 1 amide bonds. The molecule has 136 valence electrons. The van der Waals surface area contributed by atoms with Gasteiger partial charge >= 0.3 is 0 Å². The van der Waals surface area contributed by atoms with Crippen LogP contribution in [0.25, 0.3) is 11.0 Å². The monoisotopic (exact) mass is 392 g/mol. The first-order chi connectivity index (χ1) is 12.3. The van der Waals surface area contributed by atoms with Crippen molar-refractivity contribution in [1.29, 1.82) is 0 Å². The van der Waals surface area contributed by atoms with Crippen molar-refractivity contribution in [3.63, 3.8) is 0 Å². The molecule has 0 aliphatic carbocycles. The summed E-state index contributed by atoms with van der Waals surface area (Å²) in [6.07, 6.45) is 0. The molecule has 1 atom stereocenters. The molecule has 2 N–H and O–H groups in total. The van der Waals surface area contributed by atoms with Crippen molar-refractivity contribution in [3.05, 3.63) is 64.9 Å². The maximum Gasteiger partial charge on any atom is 0.251 e. The fraction of sp³-hybridized carbons (Fsp3) is 0.167. The molecule has 0 radical (unpaired) electrons. The molecule has 3 rings (SSSR count). The van der Waals surface area contributed by atoms with Gasteiger partial charge in [0.05, 0.1) is 11.1 Å². The van der Waals surface area contributed by atoms with Gasteiger partial charge in [0, 0.05) is 10.9 Å². The number of para-hydroxylation sites is 1. The fourth-order valence-corrected chi connectivity index (χ4v) is 3.78. The Kier molecular flexibility index (Phi) is 5.04. The third-order valence-electron chi connectivity index (χ3n) is 3.97. The lowest BCUT2D eigenvalue weighted by molar-refractivity contribution is 0.0935. The molecule has 6 nitrogen and oxygen atoms in total. The van der Waals surface area contributed by atoms with Crippen molar-refractivity contribution >= 4 is 38.5 Å². The second-order valence-corrected chi connectivity index (χ2v) is 8.00. The van der Waals surface area contributed by atoms with E-state index in [9.17, 15) is 13.2 Å². The highest BCUT2D eigenvalue weighted by Gasteiger charge is 2.20. The van der Waals surface area contributed by atoms with Crippen LogP contribution in [0, 0.1) is 0 Å². The second kappa shape index (κ2) is 7.11. The summed E-state index contributed by atoms with van der Waals surface area (Å²) in [7, 11) is -2.48. The number of carbonyl (C=O) groups is 1. The summed E-state index contributed by atoms with van der Waals surface area (Å²) in [5, 5.41) is 3.78. The van der Waals surface area contributed by atoms with E-state index in [0.29, 0.717) is 5.76 Å². The number of rotatable bonds is 5. The Labute approximate surface area is 156 Å². The van der Waals surface area contributed by atoms with Crippen LogP contribution in [0.4, 0.5) is 0 Å². The average molecular weight is 393 g/mol. The molecule has 2 aromatic carbocycles. The average Bonchev–Trinajstić information content (AvgIpc) is 3.06. The van der Waals surface area contributed by atoms with Crippen LogP contribution < -0.4 is 10.0 Å². The molecule has 0 saturated carbocycles. The van der Waals surface area contributed by atoms with Crippen molar-refractivity contribution in [1.82, 2.24) is 10.0 Å². The van der Waals surface area contributed by atoms with Gasteiger partial charge in [-0.15, -0.1) is 0 Å². The van der Waals surface area contributed by atoms with Crippen molar-refractivity contribution < 1.29 is 17.6 Å². The second-order valence-electron chi connectivity index (χ2n) is 5.73. The Bertz CT molecular complexity index is 1040. The van der Waals surface area contributed by atoms with Gasteiger partial charge < -0.3 is 9.73 Å². The van der Waals surface area contributed by atoms with Gasteiger partial charge in [-0.3, -0.25) is 4.79 Å². The van der Waals surface area contributed by atoms with E-state index in [1.807, 2.05) is 30.3 Å². The maximum absolute atomic E-state index is 12.5. The number of halogens is 1. The SMILES string of the molecule is CNS(=O)(=O)c1cc(C(=O)NC(C)c2cc3ccccc3o2)ccc1Cl. The molecule has 0 aliphatic rings. The van der Waals surface area contributed by atoms with Gasteiger partial charge in [-0.05, 0) is 44.3 Å². The Hall–Kier alpha value is -2.35. The van der Waals surface area contributed by atoms with Crippen LogP contribution in [0.2, 0.25) is 5.02 Å². The van der Waals surface area contributed by atoms with E-state index >= 15 is 0 Å². The Morgan fingerprint density at radius 1 is 1.15 bits per heavy atom. The number of fused-ring (bicyclic) bond motifs is 1. The van der Waals surface area contributed by atoms with Crippen molar-refractivity contribution in [2.24, 2.45) is 0 Å². The first-order valence-corrected chi connectivity index (χ1v) is 9.70. The summed E-state index contributed by atoms with van der Waals surface area (Å²) in [6.45, 7) is 1.79. The number of furan rings is 1. The predicted molar refractivity (Wildman–Crippen MR) is 99.8 cm³/mol. The zero-order valence-electron chi connectivity index (χ0n) is 14.1. The number of sulfonamides is 1. The van der Waals surface area contributed by atoms with Gasteiger partial charge in [-0.25, -0.2) is 13.1 Å². The minimum Gasteiger partial charge on any atom is -0.459 e. The highest BCUT2D eigenvalue weighted by atomic mass is 35.5. The standard InChI is InChI=1S/C18H17ClN2O4S/c1-11(16-9-12-5-3-4-6-15(12)25-16)21-18(22)13-7-8-14(19)17(10-13)26(23,24)20-2/h3-11,20H,1-2H3,(H,21,22). The molecule has 8 heteroatoms. The van der Waals surface area contributed by atoms with Crippen LogP contribution in [0.1, 0.15) is 29.1 Å². The Morgan fingerprint density at radius 2 is 1.88 bits per heavy atom. The van der Waals surface area contributed by atoms with E-state index in [-0.39, 0.29) is 15.5 Å². The van der Waals surface area contributed by atoms with E-state index in [1.165, 1.54) is 25.2 Å². The first kappa shape index (κ1) is 18.4. The fourth-order valence-electron chi connectivity index (χ4n) is 2.53. The lowest BCUT2D eigenvalue weighted by atomic mass is 10.1. The summed E-state index contributed by atoms with van der Waals surface area (Å²) in [5.74, 6) is 0.179. The smallest absolute Gasteiger partial charge is 0.251 e.